The molecule has 0 amide bonds. The van der Waals surface area contributed by atoms with Crippen LogP contribution in [0.5, 0.6) is 5.75 Å². The van der Waals surface area contributed by atoms with Gasteiger partial charge < -0.3 is 15.4 Å². The molecule has 11 heteroatoms. The van der Waals surface area contributed by atoms with E-state index in [4.69, 9.17) is 22.1 Å². The molecule has 0 bridgehead atoms. The van der Waals surface area contributed by atoms with E-state index in [0.29, 0.717) is 39.3 Å². The Hall–Kier alpha value is -3.37. The second-order valence-electron chi connectivity index (χ2n) is 6.91. The Kier molecular flexibility index (Phi) is 6.42. The summed E-state index contributed by atoms with van der Waals surface area (Å²) in [4.78, 5) is 14.6. The molecule has 0 saturated heterocycles. The number of nitrogen functional groups attached to an aromatic ring is 1. The van der Waals surface area contributed by atoms with Crippen LogP contribution in [-0.4, -0.2) is 50.9 Å². The van der Waals surface area contributed by atoms with Crippen molar-refractivity contribution in [3.63, 3.8) is 0 Å². The fourth-order valence-electron chi connectivity index (χ4n) is 3.01. The van der Waals surface area contributed by atoms with Gasteiger partial charge in [0.2, 0.25) is 11.9 Å². The summed E-state index contributed by atoms with van der Waals surface area (Å²) in [6.45, 7) is 0. The molecule has 0 atom stereocenters. The van der Waals surface area contributed by atoms with E-state index >= 15 is 0 Å². The van der Waals surface area contributed by atoms with Crippen LogP contribution in [0.15, 0.2) is 53.7 Å². The molecule has 0 aliphatic rings. The number of ether oxygens (including phenoxy) is 1. The lowest BCUT2D eigenvalue weighted by molar-refractivity contribution is 0.416. The zero-order valence-electron chi connectivity index (χ0n) is 17.7. The SMILES string of the molecule is COc1ccccc1-c1nnc(SCc2nc(N)nc(N(C)C)n2)n1-c1ccc(Cl)cc1. The largest absolute Gasteiger partial charge is 0.496 e. The molecule has 9 nitrogen and oxygen atoms in total. The lowest BCUT2D eigenvalue weighted by atomic mass is 10.2. The van der Waals surface area contributed by atoms with Gasteiger partial charge in [-0.1, -0.05) is 35.5 Å². The topological polar surface area (TPSA) is 108 Å². The maximum absolute atomic E-state index is 6.11. The molecule has 0 aliphatic carbocycles. The summed E-state index contributed by atoms with van der Waals surface area (Å²) < 4.78 is 7.50. The van der Waals surface area contributed by atoms with Gasteiger partial charge in [0.15, 0.2) is 11.0 Å². The Morgan fingerprint density at radius 1 is 1.03 bits per heavy atom. The molecule has 0 saturated carbocycles. The Labute approximate surface area is 194 Å². The minimum absolute atomic E-state index is 0.174. The number of hydrogen-bond acceptors (Lipinski definition) is 9. The molecule has 0 aliphatic heterocycles. The average molecular weight is 469 g/mol. The third kappa shape index (κ3) is 4.61. The van der Waals surface area contributed by atoms with E-state index in [1.54, 1.807) is 12.0 Å². The number of methoxy groups -OCH3 is 1. The van der Waals surface area contributed by atoms with Crippen molar-refractivity contribution in [3.8, 4) is 22.8 Å². The highest BCUT2D eigenvalue weighted by molar-refractivity contribution is 7.98. The van der Waals surface area contributed by atoms with Gasteiger partial charge in [0.1, 0.15) is 11.6 Å². The predicted molar refractivity (Wildman–Crippen MR) is 126 cm³/mol. The molecular formula is C21H21ClN8OS. The lowest BCUT2D eigenvalue weighted by Gasteiger charge is -2.13. The van der Waals surface area contributed by atoms with Crippen molar-refractivity contribution in [3.05, 3.63) is 59.4 Å². The molecule has 0 radical (unpaired) electrons. The van der Waals surface area contributed by atoms with E-state index in [9.17, 15) is 0 Å². The van der Waals surface area contributed by atoms with Crippen molar-refractivity contribution in [1.29, 1.82) is 0 Å². The van der Waals surface area contributed by atoms with Crippen molar-refractivity contribution in [2.75, 3.05) is 31.8 Å². The normalized spacial score (nSPS) is 10.9. The first-order valence-electron chi connectivity index (χ1n) is 9.61. The van der Waals surface area contributed by atoms with E-state index in [1.165, 1.54) is 11.8 Å². The summed E-state index contributed by atoms with van der Waals surface area (Å²) >= 11 is 7.56. The van der Waals surface area contributed by atoms with Crippen molar-refractivity contribution >= 4 is 35.3 Å². The average Bonchev–Trinajstić information content (AvgIpc) is 3.21. The molecule has 2 heterocycles. The van der Waals surface area contributed by atoms with Gasteiger partial charge >= 0.3 is 0 Å². The number of halogens is 1. The maximum Gasteiger partial charge on any atom is 0.229 e. The molecule has 32 heavy (non-hydrogen) atoms. The minimum atomic E-state index is 0.174. The fraction of sp³-hybridized carbons (Fsp3) is 0.190. The van der Waals surface area contributed by atoms with Gasteiger partial charge in [-0.15, -0.1) is 10.2 Å². The Morgan fingerprint density at radius 2 is 1.78 bits per heavy atom. The van der Waals surface area contributed by atoms with Gasteiger partial charge in [0.25, 0.3) is 0 Å². The monoisotopic (exact) mass is 468 g/mol. The van der Waals surface area contributed by atoms with E-state index in [2.05, 4.69) is 25.1 Å². The molecule has 2 aromatic carbocycles. The third-order valence-electron chi connectivity index (χ3n) is 4.48. The number of para-hydroxylation sites is 1. The number of thioether (sulfide) groups is 1. The van der Waals surface area contributed by atoms with E-state index in [1.807, 2.05) is 67.2 Å². The number of aromatic nitrogens is 6. The molecule has 4 rings (SSSR count). The minimum Gasteiger partial charge on any atom is -0.496 e. The predicted octanol–water partition coefficient (Wildman–Crippen LogP) is 3.72. The van der Waals surface area contributed by atoms with Gasteiger partial charge in [0.05, 0.1) is 18.4 Å². The Balaban J connectivity index is 1.74. The number of rotatable bonds is 7. The first-order chi connectivity index (χ1) is 15.5. The van der Waals surface area contributed by atoms with E-state index in [-0.39, 0.29) is 5.95 Å². The standard InChI is InChI=1S/C21H21ClN8OS/c1-29(2)20-25-17(24-19(23)26-20)12-32-21-28-27-18(15-6-4-5-7-16(15)31-3)30(21)14-10-8-13(22)9-11-14/h4-11H,12H2,1-3H3,(H2,23,24,25,26). The quantitative estimate of drug-likeness (QED) is 0.406. The van der Waals surface area contributed by atoms with Crippen LogP contribution in [0.1, 0.15) is 5.82 Å². The van der Waals surface area contributed by atoms with Gasteiger partial charge in [-0.2, -0.15) is 15.0 Å². The summed E-state index contributed by atoms with van der Waals surface area (Å²) in [5, 5.41) is 10.2. The van der Waals surface area contributed by atoms with Crippen LogP contribution < -0.4 is 15.4 Å². The number of nitrogens with zero attached hydrogens (tertiary/aromatic N) is 7. The van der Waals surface area contributed by atoms with Crippen LogP contribution >= 0.6 is 23.4 Å². The number of hydrogen-bond donors (Lipinski definition) is 1. The van der Waals surface area contributed by atoms with Gasteiger partial charge in [-0.05, 0) is 36.4 Å². The first kappa shape index (κ1) is 21.8. The highest BCUT2D eigenvalue weighted by Crippen LogP contribution is 2.34. The highest BCUT2D eigenvalue weighted by atomic mass is 35.5. The summed E-state index contributed by atoms with van der Waals surface area (Å²) in [6.07, 6.45) is 0. The van der Waals surface area contributed by atoms with Crippen LogP contribution in [0.2, 0.25) is 5.02 Å². The van der Waals surface area contributed by atoms with Gasteiger partial charge in [0, 0.05) is 24.8 Å². The third-order valence-corrected chi connectivity index (χ3v) is 5.66. The van der Waals surface area contributed by atoms with Crippen LogP contribution in [0.3, 0.4) is 0 Å². The maximum atomic E-state index is 6.11. The van der Waals surface area contributed by atoms with Crippen LogP contribution in [0, 0.1) is 0 Å². The molecule has 0 fully saturated rings. The molecule has 164 valence electrons. The van der Waals surface area contributed by atoms with Crippen LogP contribution in [0.4, 0.5) is 11.9 Å². The molecule has 2 aromatic heterocycles. The van der Waals surface area contributed by atoms with Crippen LogP contribution in [-0.2, 0) is 5.75 Å². The molecule has 4 aromatic rings. The zero-order chi connectivity index (χ0) is 22.7. The lowest BCUT2D eigenvalue weighted by Crippen LogP contribution is -2.16. The van der Waals surface area contributed by atoms with Crippen molar-refractivity contribution in [1.82, 2.24) is 29.7 Å². The number of anilines is 2. The van der Waals surface area contributed by atoms with Crippen molar-refractivity contribution in [2.45, 2.75) is 10.9 Å². The molecule has 2 N–H and O–H groups in total. The number of benzene rings is 2. The summed E-state index contributed by atoms with van der Waals surface area (Å²) in [6, 6.07) is 15.2. The van der Waals surface area contributed by atoms with E-state index < -0.39 is 0 Å². The van der Waals surface area contributed by atoms with Crippen molar-refractivity contribution < 1.29 is 4.74 Å². The van der Waals surface area contributed by atoms with E-state index in [0.717, 1.165) is 11.3 Å². The Morgan fingerprint density at radius 3 is 2.50 bits per heavy atom. The summed E-state index contributed by atoms with van der Waals surface area (Å²) in [5.74, 6) is 3.01. The van der Waals surface area contributed by atoms with Crippen LogP contribution in [0.25, 0.3) is 17.1 Å². The second kappa shape index (κ2) is 9.41. The second-order valence-corrected chi connectivity index (χ2v) is 8.29. The highest BCUT2D eigenvalue weighted by Gasteiger charge is 2.19. The van der Waals surface area contributed by atoms with Gasteiger partial charge in [-0.3, -0.25) is 4.57 Å². The first-order valence-corrected chi connectivity index (χ1v) is 11.0. The smallest absolute Gasteiger partial charge is 0.229 e. The van der Waals surface area contributed by atoms with Crippen molar-refractivity contribution in [2.24, 2.45) is 0 Å². The fourth-order valence-corrected chi connectivity index (χ4v) is 3.94. The summed E-state index contributed by atoms with van der Waals surface area (Å²) in [5.41, 5.74) is 7.55. The zero-order valence-corrected chi connectivity index (χ0v) is 19.3. The molecular weight excluding hydrogens is 448 g/mol. The summed E-state index contributed by atoms with van der Waals surface area (Å²) in [7, 11) is 5.33. The Bertz CT molecular complexity index is 1230. The molecule has 0 spiro atoms. The number of nitrogens with two attached hydrogens (primary N) is 1. The van der Waals surface area contributed by atoms with Gasteiger partial charge in [-0.25, -0.2) is 0 Å². The molecule has 0 unspecified atom stereocenters.